The van der Waals surface area contributed by atoms with Crippen molar-refractivity contribution in [2.24, 2.45) is 0 Å². The summed E-state index contributed by atoms with van der Waals surface area (Å²) in [5, 5.41) is 14.9. The predicted molar refractivity (Wildman–Crippen MR) is 120 cm³/mol. The van der Waals surface area contributed by atoms with Gasteiger partial charge in [-0.15, -0.1) is 0 Å². The van der Waals surface area contributed by atoms with Gasteiger partial charge in [0.15, 0.2) is 5.82 Å². The fourth-order valence-electron chi connectivity index (χ4n) is 3.64. The summed E-state index contributed by atoms with van der Waals surface area (Å²) in [5.41, 5.74) is -0.148. The first-order valence-electron chi connectivity index (χ1n) is 9.73. The smallest absolute Gasteiger partial charge is 0.285 e. The quantitative estimate of drug-likeness (QED) is 0.359. The molecule has 4 rings (SSSR count). The third-order valence-corrected chi connectivity index (χ3v) is 5.68. The monoisotopic (exact) mass is 455 g/mol. The van der Waals surface area contributed by atoms with E-state index in [1.165, 1.54) is 30.6 Å². The van der Waals surface area contributed by atoms with E-state index in [2.05, 4.69) is 32.0 Å². The van der Waals surface area contributed by atoms with Crippen LogP contribution < -0.4 is 5.32 Å². The van der Waals surface area contributed by atoms with Gasteiger partial charge in [0.1, 0.15) is 23.3 Å². The van der Waals surface area contributed by atoms with Crippen molar-refractivity contribution >= 4 is 39.7 Å². The molecule has 0 unspecified atom stereocenters. The molecule has 0 radical (unpaired) electrons. The summed E-state index contributed by atoms with van der Waals surface area (Å²) >= 11 is 5.84. The molecule has 1 aliphatic heterocycles. The number of rotatable bonds is 4. The van der Waals surface area contributed by atoms with Gasteiger partial charge in [-0.2, -0.15) is 0 Å². The first-order valence-corrected chi connectivity index (χ1v) is 10.1. The molecule has 0 amide bonds. The largest absolute Gasteiger partial charge is 0.364 e. The van der Waals surface area contributed by atoms with Gasteiger partial charge in [-0.25, -0.2) is 14.4 Å². The number of nitro benzene ring substituents is 1. The Balaban J connectivity index is 1.79. The van der Waals surface area contributed by atoms with Crippen LogP contribution in [0.15, 0.2) is 36.7 Å². The molecule has 1 fully saturated rings. The number of ether oxygens (including phenoxy) is 1. The van der Waals surface area contributed by atoms with Crippen LogP contribution in [0.3, 0.4) is 0 Å². The minimum Gasteiger partial charge on any atom is -0.364 e. The number of likely N-dealkylation sites (tertiary alicyclic amines) is 1. The van der Waals surface area contributed by atoms with E-state index in [4.69, 9.17) is 16.3 Å². The molecule has 2 aromatic carbocycles. The van der Waals surface area contributed by atoms with Crippen LogP contribution in [0.1, 0.15) is 12.0 Å². The van der Waals surface area contributed by atoms with Crippen LogP contribution in [-0.2, 0) is 4.74 Å². The number of anilines is 2. The second kappa shape index (κ2) is 8.67. The molecule has 0 spiro atoms. The fourth-order valence-corrected chi connectivity index (χ4v) is 3.81. The molecule has 1 N–H and O–H groups in total. The van der Waals surface area contributed by atoms with Crippen LogP contribution in [0.2, 0.25) is 5.02 Å². The van der Waals surface area contributed by atoms with Gasteiger partial charge in [0.2, 0.25) is 0 Å². The SMILES string of the molecule is CO[C@]1(C#Cc2cc3ncnc(Nc4cccc(Cl)c4F)c3cc2[N+](=O)[O-])CCN(C)C1. The maximum atomic E-state index is 14.3. The van der Waals surface area contributed by atoms with Crippen LogP contribution in [0.5, 0.6) is 0 Å². The molecule has 3 aromatic rings. The molecule has 32 heavy (non-hydrogen) atoms. The molecule has 8 nitrogen and oxygen atoms in total. The first kappa shape index (κ1) is 21.9. The molecular weight excluding hydrogens is 437 g/mol. The highest BCUT2D eigenvalue weighted by molar-refractivity contribution is 6.31. The Morgan fingerprint density at radius 2 is 2.19 bits per heavy atom. The van der Waals surface area contributed by atoms with Crippen molar-refractivity contribution < 1.29 is 14.1 Å². The summed E-state index contributed by atoms with van der Waals surface area (Å²) in [7, 11) is 3.55. The Hall–Kier alpha value is -3.32. The number of methoxy groups -OCH3 is 1. The van der Waals surface area contributed by atoms with Gasteiger partial charge in [0, 0.05) is 38.1 Å². The maximum absolute atomic E-state index is 14.3. The third kappa shape index (κ3) is 4.21. The minimum atomic E-state index is -0.680. The number of halogens is 2. The van der Waals surface area contributed by atoms with Crippen LogP contribution in [0.4, 0.5) is 21.6 Å². The van der Waals surface area contributed by atoms with Crippen LogP contribution in [0.25, 0.3) is 10.9 Å². The van der Waals surface area contributed by atoms with Crippen LogP contribution in [0, 0.1) is 27.8 Å². The van der Waals surface area contributed by atoms with Crippen molar-refractivity contribution in [3.63, 3.8) is 0 Å². The molecule has 0 bridgehead atoms. The maximum Gasteiger partial charge on any atom is 0.285 e. The van der Waals surface area contributed by atoms with E-state index in [1.807, 2.05) is 7.05 Å². The van der Waals surface area contributed by atoms with E-state index < -0.39 is 16.3 Å². The van der Waals surface area contributed by atoms with Crippen molar-refractivity contribution in [2.75, 3.05) is 32.6 Å². The molecule has 10 heteroatoms. The number of hydrogen-bond donors (Lipinski definition) is 1. The Kier molecular flexibility index (Phi) is 5.93. The van der Waals surface area contributed by atoms with E-state index in [1.54, 1.807) is 13.2 Å². The molecule has 1 atom stereocenters. The van der Waals surface area contributed by atoms with Gasteiger partial charge in [0.25, 0.3) is 5.69 Å². The van der Waals surface area contributed by atoms with Gasteiger partial charge in [-0.1, -0.05) is 29.5 Å². The number of fused-ring (bicyclic) bond motifs is 1. The summed E-state index contributed by atoms with van der Waals surface area (Å²) in [6.07, 6.45) is 1.99. The fraction of sp³-hybridized carbons (Fsp3) is 0.273. The van der Waals surface area contributed by atoms with Crippen molar-refractivity contribution in [1.29, 1.82) is 0 Å². The molecule has 2 heterocycles. The zero-order chi connectivity index (χ0) is 22.9. The average molecular weight is 456 g/mol. The lowest BCUT2D eigenvalue weighted by Crippen LogP contribution is -2.32. The Labute approximate surface area is 188 Å². The first-order chi connectivity index (χ1) is 15.3. The molecule has 0 saturated carbocycles. The minimum absolute atomic E-state index is 0.0541. The second-order valence-electron chi connectivity index (χ2n) is 7.53. The zero-order valence-electron chi connectivity index (χ0n) is 17.4. The van der Waals surface area contributed by atoms with Gasteiger partial charge in [-0.3, -0.25) is 10.1 Å². The number of nitrogens with zero attached hydrogens (tertiary/aromatic N) is 4. The number of benzene rings is 2. The van der Waals surface area contributed by atoms with Crippen molar-refractivity contribution in [3.8, 4) is 11.8 Å². The molecule has 164 valence electrons. The number of hydrogen-bond acceptors (Lipinski definition) is 7. The summed E-state index contributed by atoms with van der Waals surface area (Å²) < 4.78 is 19.9. The number of nitro groups is 1. The van der Waals surface area contributed by atoms with E-state index in [0.29, 0.717) is 23.9 Å². The van der Waals surface area contributed by atoms with Crippen LogP contribution in [-0.4, -0.2) is 52.6 Å². The van der Waals surface area contributed by atoms with Crippen molar-refractivity contribution in [2.45, 2.75) is 12.0 Å². The van der Waals surface area contributed by atoms with Gasteiger partial charge in [-0.05, 0) is 25.2 Å². The standard InChI is InChI=1S/C22H19ClFN5O3/c1-28-9-8-22(12-28,32-2)7-6-14-10-18-15(11-19(14)29(30)31)21(26-13-25-18)27-17-5-3-4-16(23)20(17)24/h3-5,10-11,13H,8-9,12H2,1-2H3,(H,25,26,27)/t22-/m1/s1. The van der Waals surface area contributed by atoms with Gasteiger partial charge >= 0.3 is 0 Å². The summed E-state index contributed by atoms with van der Waals surface area (Å²) in [6.45, 7) is 1.43. The molecule has 1 aromatic heterocycles. The highest BCUT2D eigenvalue weighted by Crippen LogP contribution is 2.32. The van der Waals surface area contributed by atoms with Crippen molar-refractivity contribution in [1.82, 2.24) is 14.9 Å². The highest BCUT2D eigenvalue weighted by atomic mass is 35.5. The summed E-state index contributed by atoms with van der Waals surface area (Å²) in [4.78, 5) is 21.7. The van der Waals surface area contributed by atoms with E-state index in [-0.39, 0.29) is 27.8 Å². The molecule has 1 aliphatic rings. The zero-order valence-corrected chi connectivity index (χ0v) is 18.1. The predicted octanol–water partition coefficient (Wildman–Crippen LogP) is 4.15. The number of nitrogens with one attached hydrogen (secondary N) is 1. The van der Waals surface area contributed by atoms with Gasteiger partial charge in [0.05, 0.1) is 21.2 Å². The third-order valence-electron chi connectivity index (χ3n) is 5.39. The Morgan fingerprint density at radius 3 is 2.88 bits per heavy atom. The number of aromatic nitrogens is 2. The van der Waals surface area contributed by atoms with Gasteiger partial charge < -0.3 is 15.0 Å². The number of likely N-dealkylation sites (N-methyl/N-ethyl adjacent to an activating group) is 1. The summed E-state index contributed by atoms with van der Waals surface area (Å²) in [6, 6.07) is 7.37. The summed E-state index contributed by atoms with van der Waals surface area (Å²) in [5.74, 6) is 5.57. The Bertz CT molecular complexity index is 1280. The lowest BCUT2D eigenvalue weighted by Gasteiger charge is -2.20. The average Bonchev–Trinajstić information content (AvgIpc) is 3.16. The molecular formula is C22H19ClFN5O3. The Morgan fingerprint density at radius 1 is 1.38 bits per heavy atom. The van der Waals surface area contributed by atoms with E-state index in [9.17, 15) is 14.5 Å². The second-order valence-corrected chi connectivity index (χ2v) is 7.94. The molecule has 1 saturated heterocycles. The topological polar surface area (TPSA) is 93.4 Å². The lowest BCUT2D eigenvalue weighted by atomic mass is 10.0. The normalized spacial score (nSPS) is 18.4. The molecule has 0 aliphatic carbocycles. The van der Waals surface area contributed by atoms with Crippen molar-refractivity contribution in [3.05, 3.63) is 63.2 Å². The lowest BCUT2D eigenvalue weighted by molar-refractivity contribution is -0.385. The van der Waals surface area contributed by atoms with E-state index in [0.717, 1.165) is 6.54 Å². The highest BCUT2D eigenvalue weighted by Gasteiger charge is 2.35. The van der Waals surface area contributed by atoms with Crippen LogP contribution >= 0.6 is 11.6 Å². The van der Waals surface area contributed by atoms with E-state index >= 15 is 0 Å².